The summed E-state index contributed by atoms with van der Waals surface area (Å²) >= 11 is 0. The fourth-order valence-electron chi connectivity index (χ4n) is 4.41. The lowest BCUT2D eigenvalue weighted by molar-refractivity contribution is -0.144. The van der Waals surface area contributed by atoms with Crippen LogP contribution in [0.15, 0.2) is 35.4 Å². The van der Waals surface area contributed by atoms with Crippen molar-refractivity contribution >= 4 is 11.8 Å². The van der Waals surface area contributed by atoms with E-state index in [4.69, 9.17) is 4.74 Å². The molecular formula is C23H30O3. The van der Waals surface area contributed by atoms with E-state index in [1.807, 2.05) is 6.92 Å². The Hall–Kier alpha value is -1.90. The van der Waals surface area contributed by atoms with Gasteiger partial charge in [-0.1, -0.05) is 38.8 Å². The van der Waals surface area contributed by atoms with Crippen LogP contribution in [-0.2, 0) is 4.79 Å². The average molecular weight is 354 g/mol. The number of carbonyl (C=O) groups is 2. The highest BCUT2D eigenvalue weighted by atomic mass is 16.5. The molecular weight excluding hydrogens is 324 g/mol. The molecule has 0 heterocycles. The molecule has 2 aliphatic rings. The molecule has 1 aromatic rings. The third-order valence-corrected chi connectivity index (χ3v) is 6.47. The predicted octanol–water partition coefficient (Wildman–Crippen LogP) is 5.74. The van der Waals surface area contributed by atoms with Crippen LogP contribution >= 0.6 is 0 Å². The van der Waals surface area contributed by atoms with Crippen molar-refractivity contribution in [3.8, 4) is 5.75 Å². The van der Waals surface area contributed by atoms with Crippen molar-refractivity contribution in [1.82, 2.24) is 0 Å². The van der Waals surface area contributed by atoms with E-state index in [1.165, 1.54) is 18.1 Å². The number of allylic oxidation sites excluding steroid dienone is 2. The number of esters is 1. The quantitative estimate of drug-likeness (QED) is 0.301. The Bertz CT molecular complexity index is 750. The molecule has 0 saturated carbocycles. The number of benzene rings is 1. The van der Waals surface area contributed by atoms with Crippen molar-refractivity contribution in [1.29, 1.82) is 0 Å². The fourth-order valence-corrected chi connectivity index (χ4v) is 4.41. The second-order valence-electron chi connectivity index (χ2n) is 9.61. The molecule has 0 spiro atoms. The fraction of sp³-hybridized carbons (Fsp3) is 0.565. The number of ketones is 1. The van der Waals surface area contributed by atoms with E-state index in [-0.39, 0.29) is 22.6 Å². The molecule has 0 aromatic heterocycles. The first-order valence-electron chi connectivity index (χ1n) is 9.51. The molecule has 0 radical (unpaired) electrons. The molecule has 0 N–H and O–H groups in total. The van der Waals surface area contributed by atoms with Crippen molar-refractivity contribution in [3.05, 3.63) is 41.0 Å². The standard InChI is InChI=1S/C23H30O3/c1-15(24)16-7-9-17(10-8-16)26-20(25)23(6)13-18-19(14-23)22(4,5)12-11-21(18,2)3/h7-10H,11-14H2,1-6H3. The molecule has 140 valence electrons. The van der Waals surface area contributed by atoms with E-state index < -0.39 is 5.41 Å². The zero-order valence-electron chi connectivity index (χ0n) is 16.9. The van der Waals surface area contributed by atoms with Gasteiger partial charge in [-0.05, 0) is 74.6 Å². The van der Waals surface area contributed by atoms with Gasteiger partial charge >= 0.3 is 5.97 Å². The van der Waals surface area contributed by atoms with Gasteiger partial charge in [0, 0.05) is 5.56 Å². The van der Waals surface area contributed by atoms with Crippen molar-refractivity contribution in [2.24, 2.45) is 16.2 Å². The molecule has 3 heteroatoms. The van der Waals surface area contributed by atoms with Crippen LogP contribution < -0.4 is 4.74 Å². The topological polar surface area (TPSA) is 43.4 Å². The number of Topliss-reactive ketones (excluding diaryl/α,β-unsaturated/α-hetero) is 1. The molecule has 26 heavy (non-hydrogen) atoms. The number of rotatable bonds is 3. The van der Waals surface area contributed by atoms with Gasteiger partial charge in [-0.2, -0.15) is 0 Å². The Morgan fingerprint density at radius 3 is 1.73 bits per heavy atom. The minimum Gasteiger partial charge on any atom is -0.426 e. The third kappa shape index (κ3) is 3.24. The summed E-state index contributed by atoms with van der Waals surface area (Å²) in [5.41, 5.74) is 3.35. The third-order valence-electron chi connectivity index (χ3n) is 6.47. The summed E-state index contributed by atoms with van der Waals surface area (Å²) in [6, 6.07) is 6.82. The Morgan fingerprint density at radius 2 is 1.31 bits per heavy atom. The maximum absolute atomic E-state index is 13.0. The minimum atomic E-state index is -0.511. The number of hydrogen-bond donors (Lipinski definition) is 0. The molecule has 3 rings (SSSR count). The summed E-state index contributed by atoms with van der Waals surface area (Å²) < 4.78 is 5.70. The Kier molecular flexibility index (Phi) is 4.41. The van der Waals surface area contributed by atoms with E-state index in [0.29, 0.717) is 11.3 Å². The van der Waals surface area contributed by atoms with Crippen molar-refractivity contribution in [2.45, 2.75) is 67.2 Å². The predicted molar refractivity (Wildman–Crippen MR) is 103 cm³/mol. The summed E-state index contributed by atoms with van der Waals surface area (Å²) in [5, 5.41) is 0. The average Bonchev–Trinajstić information content (AvgIpc) is 2.94. The first-order valence-corrected chi connectivity index (χ1v) is 9.51. The van der Waals surface area contributed by atoms with E-state index >= 15 is 0 Å². The van der Waals surface area contributed by atoms with Gasteiger partial charge < -0.3 is 4.74 Å². The number of ether oxygens (including phenoxy) is 1. The molecule has 3 nitrogen and oxygen atoms in total. The van der Waals surface area contributed by atoms with E-state index in [2.05, 4.69) is 27.7 Å². The normalized spacial score (nSPS) is 22.7. The van der Waals surface area contributed by atoms with Crippen LogP contribution in [0.5, 0.6) is 5.75 Å². The van der Waals surface area contributed by atoms with Crippen molar-refractivity contribution in [3.63, 3.8) is 0 Å². The van der Waals surface area contributed by atoms with Gasteiger partial charge in [-0.3, -0.25) is 9.59 Å². The van der Waals surface area contributed by atoms with Gasteiger partial charge in [-0.25, -0.2) is 0 Å². The number of carbonyl (C=O) groups excluding carboxylic acids is 2. The van der Waals surface area contributed by atoms with Gasteiger partial charge in [0.25, 0.3) is 0 Å². The summed E-state index contributed by atoms with van der Waals surface area (Å²) in [4.78, 5) is 24.4. The second kappa shape index (κ2) is 6.07. The molecule has 0 atom stereocenters. The second-order valence-corrected chi connectivity index (χ2v) is 9.61. The molecule has 0 unspecified atom stereocenters. The lowest BCUT2D eigenvalue weighted by Gasteiger charge is -2.41. The maximum atomic E-state index is 13.0. The molecule has 0 amide bonds. The molecule has 0 aliphatic heterocycles. The highest BCUT2D eigenvalue weighted by Crippen LogP contribution is 2.59. The van der Waals surface area contributed by atoms with Crippen LogP contribution in [0.4, 0.5) is 0 Å². The Morgan fingerprint density at radius 1 is 0.846 bits per heavy atom. The molecule has 0 bridgehead atoms. The highest BCUT2D eigenvalue weighted by Gasteiger charge is 2.51. The number of hydrogen-bond acceptors (Lipinski definition) is 3. The summed E-state index contributed by atoms with van der Waals surface area (Å²) in [5.74, 6) is 0.339. The smallest absolute Gasteiger partial charge is 0.317 e. The Balaban J connectivity index is 1.80. The van der Waals surface area contributed by atoms with Gasteiger partial charge in [-0.15, -0.1) is 0 Å². The Labute approximate surface area is 156 Å². The van der Waals surface area contributed by atoms with Crippen molar-refractivity contribution in [2.75, 3.05) is 0 Å². The summed E-state index contributed by atoms with van der Waals surface area (Å²) in [7, 11) is 0. The molecule has 0 fully saturated rings. The first kappa shape index (κ1) is 18.9. The summed E-state index contributed by atoms with van der Waals surface area (Å²) in [6.07, 6.45) is 3.89. The summed E-state index contributed by atoms with van der Waals surface area (Å²) in [6.45, 7) is 12.8. The van der Waals surface area contributed by atoms with Crippen LogP contribution in [0.3, 0.4) is 0 Å². The minimum absolute atomic E-state index is 0.00645. The molecule has 1 aromatic carbocycles. The first-order chi connectivity index (χ1) is 11.9. The monoisotopic (exact) mass is 354 g/mol. The van der Waals surface area contributed by atoms with Gasteiger partial charge in [0.05, 0.1) is 5.41 Å². The molecule has 0 saturated heterocycles. The maximum Gasteiger partial charge on any atom is 0.317 e. The van der Waals surface area contributed by atoms with E-state index in [0.717, 1.165) is 25.7 Å². The molecule has 2 aliphatic carbocycles. The van der Waals surface area contributed by atoms with Crippen LogP contribution in [0.2, 0.25) is 0 Å². The van der Waals surface area contributed by atoms with Crippen LogP contribution in [0.25, 0.3) is 0 Å². The zero-order chi connectivity index (χ0) is 19.3. The lowest BCUT2D eigenvalue weighted by Crippen LogP contribution is -2.31. The van der Waals surface area contributed by atoms with E-state index in [9.17, 15) is 9.59 Å². The highest BCUT2D eigenvalue weighted by molar-refractivity contribution is 5.94. The van der Waals surface area contributed by atoms with E-state index in [1.54, 1.807) is 24.3 Å². The van der Waals surface area contributed by atoms with Crippen LogP contribution in [0.1, 0.15) is 77.6 Å². The van der Waals surface area contributed by atoms with Crippen LogP contribution in [-0.4, -0.2) is 11.8 Å². The van der Waals surface area contributed by atoms with Gasteiger partial charge in [0.15, 0.2) is 5.78 Å². The van der Waals surface area contributed by atoms with Gasteiger partial charge in [0.2, 0.25) is 0 Å². The largest absolute Gasteiger partial charge is 0.426 e. The zero-order valence-corrected chi connectivity index (χ0v) is 16.9. The SMILES string of the molecule is CC(=O)c1ccc(OC(=O)C2(C)CC3=C(C2)C(C)(C)CCC3(C)C)cc1. The van der Waals surface area contributed by atoms with Crippen LogP contribution in [0, 0.1) is 16.2 Å². The lowest BCUT2D eigenvalue weighted by atomic mass is 9.64. The van der Waals surface area contributed by atoms with Gasteiger partial charge in [0.1, 0.15) is 5.75 Å². The van der Waals surface area contributed by atoms with Crippen molar-refractivity contribution < 1.29 is 14.3 Å².